The van der Waals surface area contributed by atoms with Crippen molar-refractivity contribution in [2.45, 2.75) is 6.61 Å². The Morgan fingerprint density at radius 3 is 2.41 bits per heavy atom. The van der Waals surface area contributed by atoms with Gasteiger partial charge < -0.3 is 4.74 Å². The zero-order valence-corrected chi connectivity index (χ0v) is 16.0. The highest BCUT2D eigenvalue weighted by Crippen LogP contribution is 2.29. The molecule has 3 aromatic carbocycles. The smallest absolute Gasteiger partial charge is 0.134 e. The van der Waals surface area contributed by atoms with E-state index >= 15 is 0 Å². The quantitative estimate of drug-likeness (QED) is 0.381. The molecule has 0 aromatic heterocycles. The molecule has 0 saturated carbocycles. The molecule has 0 saturated heterocycles. The average Bonchev–Trinajstić information content (AvgIpc) is 2.72. The highest BCUT2D eigenvalue weighted by atomic mass is 79.9. The summed E-state index contributed by atoms with van der Waals surface area (Å²) in [6.07, 6.45) is 1.84. The minimum Gasteiger partial charge on any atom is -0.488 e. The third-order valence-electron chi connectivity index (χ3n) is 3.99. The van der Waals surface area contributed by atoms with E-state index in [4.69, 9.17) is 10.00 Å². The molecule has 0 heterocycles. The fraction of sp³-hybridized carbons (Fsp3) is 0.0435. The summed E-state index contributed by atoms with van der Waals surface area (Å²) in [7, 11) is 0. The summed E-state index contributed by atoms with van der Waals surface area (Å²) in [4.78, 5) is 0. The average molecular weight is 415 g/mol. The number of hydrogen-bond acceptors (Lipinski definition) is 3. The van der Waals surface area contributed by atoms with Crippen molar-refractivity contribution in [3.05, 3.63) is 99.5 Å². The first-order chi connectivity index (χ1) is 13.2. The summed E-state index contributed by atoms with van der Waals surface area (Å²) in [5.74, 6) is 0.679. The molecule has 3 rings (SSSR count). The maximum Gasteiger partial charge on any atom is 0.134 e. The van der Waals surface area contributed by atoms with Crippen molar-refractivity contribution in [2.75, 3.05) is 0 Å². The van der Waals surface area contributed by atoms with Crippen LogP contribution in [-0.4, -0.2) is 0 Å². The molecule has 27 heavy (non-hydrogen) atoms. The van der Waals surface area contributed by atoms with Gasteiger partial charge in [0.25, 0.3) is 0 Å². The second-order valence-corrected chi connectivity index (χ2v) is 6.64. The van der Waals surface area contributed by atoms with Gasteiger partial charge in [-0.3, -0.25) is 0 Å². The van der Waals surface area contributed by atoms with Gasteiger partial charge >= 0.3 is 0 Å². The van der Waals surface area contributed by atoms with Crippen molar-refractivity contribution in [2.24, 2.45) is 0 Å². The molecule has 0 amide bonds. The standard InChI is InChI=1S/C23H15BrN2O/c24-22-13-17(12-21(15-26)18-6-2-1-3-7-18)10-11-23(22)27-16-20-9-5-4-8-19(20)14-25/h1-13H,16H2/b21-12+. The number of rotatable bonds is 5. The Balaban J connectivity index is 1.79. The monoisotopic (exact) mass is 414 g/mol. The van der Waals surface area contributed by atoms with E-state index in [2.05, 4.69) is 28.1 Å². The van der Waals surface area contributed by atoms with Gasteiger partial charge in [0.1, 0.15) is 12.4 Å². The largest absolute Gasteiger partial charge is 0.488 e. The topological polar surface area (TPSA) is 56.8 Å². The van der Waals surface area contributed by atoms with Gasteiger partial charge in [-0.25, -0.2) is 0 Å². The summed E-state index contributed by atoms with van der Waals surface area (Å²) in [5, 5.41) is 18.6. The fourth-order valence-electron chi connectivity index (χ4n) is 2.60. The molecule has 0 atom stereocenters. The van der Waals surface area contributed by atoms with E-state index < -0.39 is 0 Å². The first kappa shape index (κ1) is 18.5. The first-order valence-electron chi connectivity index (χ1n) is 8.29. The predicted octanol–water partition coefficient (Wildman–Crippen LogP) is 5.96. The Hall–Kier alpha value is -3.34. The Labute approximate surface area is 166 Å². The molecule has 4 heteroatoms. The zero-order valence-electron chi connectivity index (χ0n) is 14.4. The van der Waals surface area contributed by atoms with Gasteiger partial charge in [-0.05, 0) is 51.3 Å². The first-order valence-corrected chi connectivity index (χ1v) is 9.08. The molecular weight excluding hydrogens is 400 g/mol. The summed E-state index contributed by atoms with van der Waals surface area (Å²) in [5.41, 5.74) is 3.82. The van der Waals surface area contributed by atoms with Gasteiger partial charge in [-0.2, -0.15) is 10.5 Å². The zero-order chi connectivity index (χ0) is 19.1. The normalized spacial score (nSPS) is 10.7. The van der Waals surface area contributed by atoms with E-state index in [0.29, 0.717) is 23.5 Å². The molecule has 130 valence electrons. The van der Waals surface area contributed by atoms with Gasteiger partial charge in [-0.1, -0.05) is 54.6 Å². The van der Waals surface area contributed by atoms with Crippen molar-refractivity contribution in [3.63, 3.8) is 0 Å². The van der Waals surface area contributed by atoms with Crippen LogP contribution in [0, 0.1) is 22.7 Å². The molecule has 0 aliphatic heterocycles. The minimum atomic E-state index is 0.310. The van der Waals surface area contributed by atoms with E-state index in [0.717, 1.165) is 21.2 Å². The van der Waals surface area contributed by atoms with Gasteiger partial charge in [-0.15, -0.1) is 0 Å². The van der Waals surface area contributed by atoms with Crippen LogP contribution in [0.4, 0.5) is 0 Å². The van der Waals surface area contributed by atoms with Crippen LogP contribution in [0.5, 0.6) is 5.75 Å². The maximum atomic E-state index is 9.44. The number of nitriles is 2. The lowest BCUT2D eigenvalue weighted by molar-refractivity contribution is 0.304. The number of hydrogen-bond donors (Lipinski definition) is 0. The highest BCUT2D eigenvalue weighted by Gasteiger charge is 2.06. The van der Waals surface area contributed by atoms with E-state index in [1.165, 1.54) is 0 Å². The Kier molecular flexibility index (Phi) is 6.05. The van der Waals surface area contributed by atoms with Crippen LogP contribution in [0.15, 0.2) is 77.3 Å². The number of halogens is 1. The lowest BCUT2D eigenvalue weighted by Crippen LogP contribution is -1.98. The maximum absolute atomic E-state index is 9.44. The van der Waals surface area contributed by atoms with Crippen LogP contribution in [0.2, 0.25) is 0 Å². The van der Waals surface area contributed by atoms with Crippen LogP contribution < -0.4 is 4.74 Å². The van der Waals surface area contributed by atoms with Gasteiger partial charge in [0, 0.05) is 5.56 Å². The lowest BCUT2D eigenvalue weighted by Gasteiger charge is -2.10. The molecule has 0 fully saturated rings. The van der Waals surface area contributed by atoms with Crippen LogP contribution in [0.1, 0.15) is 22.3 Å². The van der Waals surface area contributed by atoms with E-state index in [-0.39, 0.29) is 0 Å². The number of benzene rings is 3. The van der Waals surface area contributed by atoms with Gasteiger partial charge in [0.05, 0.1) is 27.7 Å². The van der Waals surface area contributed by atoms with Crippen molar-refractivity contribution in [3.8, 4) is 17.9 Å². The number of ether oxygens (including phenoxy) is 1. The van der Waals surface area contributed by atoms with E-state index in [1.807, 2.05) is 72.8 Å². The van der Waals surface area contributed by atoms with Crippen molar-refractivity contribution >= 4 is 27.6 Å². The fourth-order valence-corrected chi connectivity index (χ4v) is 3.11. The van der Waals surface area contributed by atoms with Crippen LogP contribution in [0.3, 0.4) is 0 Å². The van der Waals surface area contributed by atoms with E-state index in [1.54, 1.807) is 6.07 Å². The summed E-state index contributed by atoms with van der Waals surface area (Å²) in [6.45, 7) is 0.310. The number of allylic oxidation sites excluding steroid dienone is 1. The Morgan fingerprint density at radius 2 is 1.70 bits per heavy atom. The third kappa shape index (κ3) is 4.64. The molecule has 0 aliphatic rings. The van der Waals surface area contributed by atoms with Crippen LogP contribution in [0.25, 0.3) is 11.6 Å². The van der Waals surface area contributed by atoms with Crippen molar-refractivity contribution in [1.82, 2.24) is 0 Å². The molecule has 0 bridgehead atoms. The number of nitrogens with zero attached hydrogens (tertiary/aromatic N) is 2. The van der Waals surface area contributed by atoms with Crippen LogP contribution in [-0.2, 0) is 6.61 Å². The minimum absolute atomic E-state index is 0.310. The lowest BCUT2D eigenvalue weighted by atomic mass is 10.0. The summed E-state index contributed by atoms with van der Waals surface area (Å²) >= 11 is 3.52. The Bertz CT molecular complexity index is 1060. The van der Waals surface area contributed by atoms with Crippen molar-refractivity contribution < 1.29 is 4.74 Å². The molecule has 3 nitrogen and oxygen atoms in total. The van der Waals surface area contributed by atoms with Crippen molar-refractivity contribution in [1.29, 1.82) is 10.5 Å². The van der Waals surface area contributed by atoms with Gasteiger partial charge in [0.15, 0.2) is 0 Å². The molecule has 0 N–H and O–H groups in total. The highest BCUT2D eigenvalue weighted by molar-refractivity contribution is 9.10. The second kappa shape index (κ2) is 8.85. The predicted molar refractivity (Wildman–Crippen MR) is 110 cm³/mol. The molecule has 0 unspecified atom stereocenters. The van der Waals surface area contributed by atoms with Gasteiger partial charge in [0.2, 0.25) is 0 Å². The summed E-state index contributed by atoms with van der Waals surface area (Å²) < 4.78 is 6.64. The second-order valence-electron chi connectivity index (χ2n) is 5.78. The van der Waals surface area contributed by atoms with E-state index in [9.17, 15) is 5.26 Å². The van der Waals surface area contributed by atoms with Crippen LogP contribution >= 0.6 is 15.9 Å². The summed E-state index contributed by atoms with van der Waals surface area (Å²) in [6, 6.07) is 27.0. The Morgan fingerprint density at radius 1 is 0.963 bits per heavy atom. The molecule has 0 spiro atoms. The molecule has 0 radical (unpaired) electrons. The third-order valence-corrected chi connectivity index (χ3v) is 4.61. The molecular formula is C23H15BrN2O. The SMILES string of the molecule is N#C/C(=C\c1ccc(OCc2ccccc2C#N)c(Br)c1)c1ccccc1. The molecule has 3 aromatic rings. The molecule has 0 aliphatic carbocycles.